The van der Waals surface area contributed by atoms with Gasteiger partial charge in [0.1, 0.15) is 0 Å². The molecule has 109 valence electrons. The van der Waals surface area contributed by atoms with Crippen LogP contribution in [0.1, 0.15) is 5.56 Å². The van der Waals surface area contributed by atoms with Crippen LogP contribution < -0.4 is 4.90 Å². The molecule has 1 heteroatoms. The van der Waals surface area contributed by atoms with Gasteiger partial charge in [-0.3, -0.25) is 0 Å². The van der Waals surface area contributed by atoms with Gasteiger partial charge in [0.05, 0.1) is 0 Å². The van der Waals surface area contributed by atoms with E-state index in [4.69, 9.17) is 0 Å². The minimum atomic E-state index is 1.04. The summed E-state index contributed by atoms with van der Waals surface area (Å²) in [6, 6.07) is 25.3. The molecule has 3 aromatic rings. The van der Waals surface area contributed by atoms with Crippen LogP contribution in [0.3, 0.4) is 0 Å². The van der Waals surface area contributed by atoms with Crippen molar-refractivity contribution in [2.45, 2.75) is 0 Å². The minimum Gasteiger partial charge on any atom is -0.377 e. The van der Waals surface area contributed by atoms with Gasteiger partial charge in [0.15, 0.2) is 0 Å². The summed E-state index contributed by atoms with van der Waals surface area (Å²) < 4.78 is 0. The van der Waals surface area contributed by atoms with Crippen molar-refractivity contribution in [1.29, 1.82) is 0 Å². The molecule has 0 aliphatic carbocycles. The summed E-state index contributed by atoms with van der Waals surface area (Å²) in [5.41, 5.74) is 7.14. The summed E-state index contributed by atoms with van der Waals surface area (Å²) in [5.74, 6) is 0. The van der Waals surface area contributed by atoms with Crippen molar-refractivity contribution in [3.8, 4) is 22.3 Å². The highest BCUT2D eigenvalue weighted by Gasteiger charge is 2.15. The lowest BCUT2D eigenvalue weighted by molar-refractivity contribution is 1.13. The fourth-order valence-corrected chi connectivity index (χ4v) is 2.90. The lowest BCUT2D eigenvalue weighted by atomic mass is 9.90. The Morgan fingerprint density at radius 1 is 0.682 bits per heavy atom. The van der Waals surface area contributed by atoms with Gasteiger partial charge in [-0.1, -0.05) is 72.8 Å². The van der Waals surface area contributed by atoms with Crippen molar-refractivity contribution < 1.29 is 0 Å². The van der Waals surface area contributed by atoms with Gasteiger partial charge in [0.25, 0.3) is 0 Å². The van der Waals surface area contributed by atoms with Crippen molar-refractivity contribution in [3.05, 3.63) is 85.3 Å². The van der Waals surface area contributed by atoms with E-state index in [1.165, 1.54) is 27.9 Å². The maximum Gasteiger partial charge on any atom is 0.0479 e. The highest BCUT2D eigenvalue weighted by Crippen LogP contribution is 2.40. The number of anilines is 1. The van der Waals surface area contributed by atoms with E-state index in [-0.39, 0.29) is 0 Å². The quantitative estimate of drug-likeness (QED) is 0.634. The monoisotopic (exact) mass is 286 g/mol. The molecule has 0 saturated carbocycles. The number of rotatable bonds is 3. The fourth-order valence-electron chi connectivity index (χ4n) is 2.90. The Balaban J connectivity index is 2.34. The standard InChI is InChI=1S/C21H20N/c1-16-14-15-19(17-10-6-4-7-11-17)20(21(16)22(2)3)18-12-8-5-9-13-18/h4-15H,1H2,2-3H3. The van der Waals surface area contributed by atoms with Crippen molar-refractivity contribution in [2.75, 3.05) is 19.0 Å². The molecule has 0 aliphatic heterocycles. The second-order valence-corrected chi connectivity index (χ2v) is 5.62. The van der Waals surface area contributed by atoms with E-state index in [0.717, 1.165) is 5.56 Å². The Labute approximate surface area is 132 Å². The summed E-state index contributed by atoms with van der Waals surface area (Å²) >= 11 is 0. The van der Waals surface area contributed by atoms with E-state index in [1.54, 1.807) is 0 Å². The van der Waals surface area contributed by atoms with Crippen LogP contribution in [-0.4, -0.2) is 14.1 Å². The SMILES string of the molecule is [CH2]c1ccc(-c2ccccc2)c(-c2ccccc2)c1N(C)C. The number of benzene rings is 3. The third-order valence-electron chi connectivity index (χ3n) is 3.86. The lowest BCUT2D eigenvalue weighted by Crippen LogP contribution is -2.12. The summed E-state index contributed by atoms with van der Waals surface area (Å²) in [6.45, 7) is 4.22. The Morgan fingerprint density at radius 3 is 1.77 bits per heavy atom. The van der Waals surface area contributed by atoms with Gasteiger partial charge in [-0.15, -0.1) is 0 Å². The molecule has 0 spiro atoms. The first-order valence-corrected chi connectivity index (χ1v) is 7.45. The van der Waals surface area contributed by atoms with Crippen LogP contribution in [0.5, 0.6) is 0 Å². The molecular weight excluding hydrogens is 266 g/mol. The molecule has 1 radical (unpaired) electrons. The predicted molar refractivity (Wildman–Crippen MR) is 96.1 cm³/mol. The zero-order valence-electron chi connectivity index (χ0n) is 13.1. The van der Waals surface area contributed by atoms with Gasteiger partial charge in [0, 0.05) is 25.3 Å². The highest BCUT2D eigenvalue weighted by atomic mass is 15.1. The van der Waals surface area contributed by atoms with Crippen molar-refractivity contribution in [1.82, 2.24) is 0 Å². The average Bonchev–Trinajstić information content (AvgIpc) is 2.56. The van der Waals surface area contributed by atoms with E-state index in [1.807, 2.05) is 6.07 Å². The molecule has 0 heterocycles. The molecule has 0 amide bonds. The first-order valence-electron chi connectivity index (χ1n) is 7.45. The summed E-state index contributed by atoms with van der Waals surface area (Å²) in [7, 11) is 4.15. The van der Waals surface area contributed by atoms with E-state index in [2.05, 4.69) is 92.6 Å². The van der Waals surface area contributed by atoms with Gasteiger partial charge in [-0.2, -0.15) is 0 Å². The molecule has 1 nitrogen and oxygen atoms in total. The Morgan fingerprint density at radius 2 is 1.23 bits per heavy atom. The van der Waals surface area contributed by atoms with Crippen LogP contribution in [-0.2, 0) is 0 Å². The van der Waals surface area contributed by atoms with Gasteiger partial charge in [0.2, 0.25) is 0 Å². The molecule has 0 aromatic heterocycles. The molecular formula is C21H20N. The highest BCUT2D eigenvalue weighted by molar-refractivity contribution is 5.93. The second-order valence-electron chi connectivity index (χ2n) is 5.62. The van der Waals surface area contributed by atoms with Crippen LogP contribution in [0.4, 0.5) is 5.69 Å². The average molecular weight is 286 g/mol. The van der Waals surface area contributed by atoms with Crippen molar-refractivity contribution >= 4 is 5.69 Å². The molecule has 0 bridgehead atoms. The van der Waals surface area contributed by atoms with Crippen molar-refractivity contribution in [3.63, 3.8) is 0 Å². The molecule has 3 rings (SSSR count). The topological polar surface area (TPSA) is 3.24 Å². The molecule has 0 N–H and O–H groups in total. The Hall–Kier alpha value is -2.54. The predicted octanol–water partition coefficient (Wildman–Crippen LogP) is 5.27. The summed E-state index contributed by atoms with van der Waals surface area (Å²) in [5, 5.41) is 0. The normalized spacial score (nSPS) is 10.5. The second kappa shape index (κ2) is 6.07. The van der Waals surface area contributed by atoms with Gasteiger partial charge < -0.3 is 4.90 Å². The number of hydrogen-bond acceptors (Lipinski definition) is 1. The molecule has 0 saturated heterocycles. The Kier molecular flexibility index (Phi) is 3.97. The van der Waals surface area contributed by atoms with Gasteiger partial charge in [-0.05, 0) is 29.2 Å². The number of nitrogens with zero attached hydrogens (tertiary/aromatic N) is 1. The smallest absolute Gasteiger partial charge is 0.0479 e. The minimum absolute atomic E-state index is 1.04. The molecule has 3 aromatic carbocycles. The zero-order chi connectivity index (χ0) is 15.5. The summed E-state index contributed by atoms with van der Waals surface area (Å²) in [4.78, 5) is 2.15. The van der Waals surface area contributed by atoms with E-state index in [0.29, 0.717) is 0 Å². The van der Waals surface area contributed by atoms with Gasteiger partial charge in [-0.25, -0.2) is 0 Å². The van der Waals surface area contributed by atoms with E-state index in [9.17, 15) is 0 Å². The summed E-state index contributed by atoms with van der Waals surface area (Å²) in [6.07, 6.45) is 0. The third kappa shape index (κ3) is 2.62. The molecule has 0 atom stereocenters. The van der Waals surface area contributed by atoms with Crippen LogP contribution in [0.15, 0.2) is 72.8 Å². The third-order valence-corrected chi connectivity index (χ3v) is 3.86. The largest absolute Gasteiger partial charge is 0.377 e. The van der Waals surface area contributed by atoms with Gasteiger partial charge >= 0.3 is 0 Å². The van der Waals surface area contributed by atoms with E-state index < -0.39 is 0 Å². The maximum atomic E-state index is 4.22. The molecule has 22 heavy (non-hydrogen) atoms. The first-order chi connectivity index (χ1) is 10.7. The van der Waals surface area contributed by atoms with Crippen LogP contribution >= 0.6 is 0 Å². The zero-order valence-corrected chi connectivity index (χ0v) is 13.1. The van der Waals surface area contributed by atoms with E-state index >= 15 is 0 Å². The number of hydrogen-bond donors (Lipinski definition) is 0. The lowest BCUT2D eigenvalue weighted by Gasteiger charge is -2.23. The van der Waals surface area contributed by atoms with Crippen LogP contribution in [0.25, 0.3) is 22.3 Å². The fraction of sp³-hybridized carbons (Fsp3) is 0.0952. The molecule has 0 fully saturated rings. The van der Waals surface area contributed by atoms with Crippen LogP contribution in [0.2, 0.25) is 0 Å². The molecule has 0 aliphatic rings. The van der Waals surface area contributed by atoms with Crippen molar-refractivity contribution in [2.24, 2.45) is 0 Å². The molecule has 0 unspecified atom stereocenters. The first kappa shape index (κ1) is 14.4. The Bertz CT molecular complexity index is 759. The maximum absolute atomic E-state index is 4.22. The van der Waals surface area contributed by atoms with Crippen LogP contribution in [0, 0.1) is 6.92 Å².